The van der Waals surface area contributed by atoms with E-state index in [-0.39, 0.29) is 168 Å². The van der Waals surface area contributed by atoms with Crippen LogP contribution in [0, 0.1) is 0 Å². The number of azo groups is 2. The van der Waals surface area contributed by atoms with Gasteiger partial charge in [-0.05, 0) is 83.1 Å². The molecule has 0 saturated heterocycles. The topological polar surface area (TPSA) is 337 Å². The second kappa shape index (κ2) is 21.5. The molecule has 0 unspecified atom stereocenters. The molecular weight excluding hydrogens is 941 g/mol. The number of methoxy groups -OCH3 is 2. The van der Waals surface area contributed by atoms with Gasteiger partial charge in [-0.3, -0.25) is 0 Å². The van der Waals surface area contributed by atoms with Crippen LogP contribution >= 0.6 is 0 Å². The van der Waals surface area contributed by atoms with E-state index in [2.05, 4.69) is 20.5 Å². The molecule has 0 amide bonds. The standard InChI is InChI=1S/C34H26N4O16S4.4Na/c1-53-29-14-20(35-37-27-15-22(56(44,45)46)10-19-12-31(57(47,48)49)28(39)16-25(19)27)4-6-23(29)17-3-8-26(30(11-17)54-2)36-38-33-24-7-5-21(55(41,42)43)9-18(24)13-32(34(33)40)58(50,51)52;;;;/h3-16,39-40H,1-2H3,(H,41,42,43)(H,44,45,46)(H,47,48,49)(H,50,51,52);;;;/q;4*+1/p-4. The van der Waals surface area contributed by atoms with Gasteiger partial charge in [-0.25, -0.2) is 33.7 Å². The SMILES string of the molecule is COc1cc(-c2ccc(N=Nc3cc(S(=O)(=O)[O-])cc4cc(S(=O)(=O)[O-])c(O)cc34)cc2OC)ccc1N=Nc1c(O)c(S(=O)(=O)[O-])cc2cc(S(=O)(=O)[O-])ccc12.[Na+].[Na+].[Na+].[Na+]. The third kappa shape index (κ3) is 12.4. The van der Waals surface area contributed by atoms with Crippen LogP contribution in [-0.2, 0) is 40.5 Å². The van der Waals surface area contributed by atoms with Crippen molar-refractivity contribution in [1.29, 1.82) is 0 Å². The molecule has 2 N–H and O–H groups in total. The van der Waals surface area contributed by atoms with Crippen molar-refractivity contribution in [2.75, 3.05) is 14.2 Å². The quantitative estimate of drug-likeness (QED) is 0.0693. The molecule has 302 valence electrons. The van der Waals surface area contributed by atoms with Gasteiger partial charge in [0.25, 0.3) is 0 Å². The first-order valence-electron chi connectivity index (χ1n) is 15.6. The summed E-state index contributed by atoms with van der Waals surface area (Å²) in [6.07, 6.45) is 0. The Labute approximate surface area is 442 Å². The van der Waals surface area contributed by atoms with Gasteiger partial charge in [0.15, 0.2) is 5.75 Å². The summed E-state index contributed by atoms with van der Waals surface area (Å²) in [5, 5.41) is 36.4. The number of phenolic OH excluding ortho intramolecular Hbond substituents is 2. The zero-order valence-corrected chi connectivity index (χ0v) is 44.4. The smallest absolute Gasteiger partial charge is 0.744 e. The van der Waals surface area contributed by atoms with Crippen molar-refractivity contribution in [2.45, 2.75) is 19.6 Å². The molecule has 6 aromatic rings. The van der Waals surface area contributed by atoms with Gasteiger partial charge >= 0.3 is 118 Å². The van der Waals surface area contributed by atoms with Crippen LogP contribution in [0.5, 0.6) is 23.0 Å². The van der Waals surface area contributed by atoms with E-state index in [4.69, 9.17) is 9.47 Å². The fraction of sp³-hybridized carbons (Fsp3) is 0.0588. The van der Waals surface area contributed by atoms with E-state index in [1.165, 1.54) is 38.5 Å². The molecular formula is C34H22N4Na4O16S4. The fourth-order valence-electron chi connectivity index (χ4n) is 5.66. The maximum Gasteiger partial charge on any atom is 1.00 e. The minimum atomic E-state index is -5.33. The molecule has 0 heterocycles. The van der Waals surface area contributed by atoms with Crippen LogP contribution in [0.4, 0.5) is 22.7 Å². The van der Waals surface area contributed by atoms with Gasteiger partial charge in [-0.2, -0.15) is 5.11 Å². The minimum Gasteiger partial charge on any atom is -0.744 e. The summed E-state index contributed by atoms with van der Waals surface area (Å²) in [6, 6.07) is 15.6. The molecule has 0 fully saturated rings. The van der Waals surface area contributed by atoms with Gasteiger partial charge in [-0.1, -0.05) is 12.1 Å². The summed E-state index contributed by atoms with van der Waals surface area (Å²) in [5.74, 6) is -1.74. The Kier molecular flexibility index (Phi) is 19.4. The summed E-state index contributed by atoms with van der Waals surface area (Å²) in [4.78, 5) is -3.75. The molecule has 0 spiro atoms. The van der Waals surface area contributed by atoms with Crippen molar-refractivity contribution in [1.82, 2.24) is 0 Å². The Hall–Kier alpha value is -2.12. The maximum absolute atomic E-state index is 11.9. The molecule has 0 aliphatic rings. The number of benzene rings is 6. The molecule has 0 atom stereocenters. The summed E-state index contributed by atoms with van der Waals surface area (Å²) in [5.41, 5.74) is 0.250. The number of hydrogen-bond donors (Lipinski definition) is 2. The molecule has 0 aromatic heterocycles. The average Bonchev–Trinajstić information content (AvgIpc) is 3.14. The van der Waals surface area contributed by atoms with Crippen molar-refractivity contribution in [3.8, 4) is 34.1 Å². The Morgan fingerprint density at radius 1 is 0.500 bits per heavy atom. The Morgan fingerprint density at radius 2 is 1.06 bits per heavy atom. The molecule has 20 nitrogen and oxygen atoms in total. The van der Waals surface area contributed by atoms with E-state index in [1.807, 2.05) is 0 Å². The molecule has 6 rings (SSSR count). The van der Waals surface area contributed by atoms with E-state index in [1.54, 1.807) is 12.1 Å². The third-order valence-electron chi connectivity index (χ3n) is 8.33. The molecule has 0 aliphatic carbocycles. The number of ether oxygens (including phenoxy) is 2. The number of rotatable bonds is 11. The average molecular weight is 963 g/mol. The Bertz CT molecular complexity index is 3250. The van der Waals surface area contributed by atoms with Crippen LogP contribution in [-0.4, -0.2) is 76.3 Å². The van der Waals surface area contributed by atoms with Gasteiger partial charge < -0.3 is 37.9 Å². The predicted molar refractivity (Wildman–Crippen MR) is 196 cm³/mol. The van der Waals surface area contributed by atoms with Gasteiger partial charge in [0.05, 0.1) is 45.2 Å². The van der Waals surface area contributed by atoms with Crippen LogP contribution in [0.3, 0.4) is 0 Å². The zero-order valence-electron chi connectivity index (χ0n) is 33.1. The predicted octanol–water partition coefficient (Wildman–Crippen LogP) is -6.45. The van der Waals surface area contributed by atoms with Gasteiger partial charge in [-0.15, -0.1) is 15.3 Å². The van der Waals surface area contributed by atoms with Crippen molar-refractivity contribution >= 4 is 84.8 Å². The van der Waals surface area contributed by atoms with Crippen molar-refractivity contribution in [3.63, 3.8) is 0 Å². The number of aromatic hydroxyl groups is 2. The number of phenols is 2. The second-order valence-corrected chi connectivity index (χ2v) is 17.4. The van der Waals surface area contributed by atoms with E-state index >= 15 is 0 Å². The zero-order chi connectivity index (χ0) is 42.5. The normalized spacial score (nSPS) is 12.0. The first kappa shape index (κ1) is 56.0. The van der Waals surface area contributed by atoms with E-state index in [9.17, 15) is 62.1 Å². The first-order chi connectivity index (χ1) is 27.0. The third-order valence-corrected chi connectivity index (χ3v) is 11.7. The van der Waals surface area contributed by atoms with Gasteiger partial charge in [0.1, 0.15) is 69.1 Å². The van der Waals surface area contributed by atoms with E-state index < -0.39 is 77.2 Å². The molecule has 6 aromatic carbocycles. The summed E-state index contributed by atoms with van der Waals surface area (Å²) in [6.45, 7) is 0. The molecule has 0 aliphatic heterocycles. The summed E-state index contributed by atoms with van der Waals surface area (Å²) in [7, 11) is -18.0. The minimum absolute atomic E-state index is 0. The van der Waals surface area contributed by atoms with E-state index in [0.717, 1.165) is 36.4 Å². The molecule has 28 heteroatoms. The van der Waals surface area contributed by atoms with E-state index in [0.29, 0.717) is 23.3 Å². The van der Waals surface area contributed by atoms with Crippen molar-refractivity contribution in [2.24, 2.45) is 20.5 Å². The van der Waals surface area contributed by atoms with Crippen molar-refractivity contribution < 1.29 is 190 Å². The summed E-state index contributed by atoms with van der Waals surface area (Å²) >= 11 is 0. The number of fused-ring (bicyclic) bond motifs is 2. The summed E-state index contributed by atoms with van der Waals surface area (Å²) < 4.78 is 152. The van der Waals surface area contributed by atoms with Crippen LogP contribution in [0.1, 0.15) is 0 Å². The van der Waals surface area contributed by atoms with Crippen LogP contribution in [0.15, 0.2) is 125 Å². The first-order valence-corrected chi connectivity index (χ1v) is 21.3. The van der Waals surface area contributed by atoms with Crippen LogP contribution in [0.25, 0.3) is 32.7 Å². The maximum atomic E-state index is 11.9. The fourth-order valence-corrected chi connectivity index (χ4v) is 7.89. The molecule has 0 saturated carbocycles. The Morgan fingerprint density at radius 3 is 1.65 bits per heavy atom. The molecule has 62 heavy (non-hydrogen) atoms. The number of hydrogen-bond acceptors (Lipinski definition) is 20. The largest absolute Gasteiger partial charge is 1.00 e. The van der Waals surface area contributed by atoms with Crippen LogP contribution in [0.2, 0.25) is 0 Å². The molecule has 0 bridgehead atoms. The van der Waals surface area contributed by atoms with Crippen molar-refractivity contribution in [3.05, 3.63) is 84.9 Å². The second-order valence-electron chi connectivity index (χ2n) is 11.9. The van der Waals surface area contributed by atoms with Gasteiger partial charge in [0.2, 0.25) is 0 Å². The van der Waals surface area contributed by atoms with Crippen LogP contribution < -0.4 is 128 Å². The number of nitrogens with zero attached hydrogens (tertiary/aromatic N) is 4. The Balaban J connectivity index is 0.00000331. The van der Waals surface area contributed by atoms with Gasteiger partial charge in [0, 0.05) is 22.4 Å². The monoisotopic (exact) mass is 962 g/mol. The molecule has 0 radical (unpaired) electrons.